The molecule has 0 spiro atoms. The first-order chi connectivity index (χ1) is 8.81. The third-order valence-electron chi connectivity index (χ3n) is 2.19. The standard InChI is InChI=1S/C14H19FN2O2/c1-5-12(10-6-8-11(15)9-7-10)16-17-13(18)19-14(2,3)4/h6-9H,5H2,1-4H3,(H,17,18)/b16-12-. The fourth-order valence-electron chi connectivity index (χ4n) is 1.40. The predicted molar refractivity (Wildman–Crippen MR) is 72.6 cm³/mol. The SMILES string of the molecule is CC/C(=N/NC(=O)OC(C)(C)C)c1ccc(F)cc1. The average Bonchev–Trinajstić information content (AvgIpc) is 2.29. The fraction of sp³-hybridized carbons (Fsp3) is 0.429. The molecule has 0 aliphatic carbocycles. The first-order valence-corrected chi connectivity index (χ1v) is 6.13. The van der Waals surface area contributed by atoms with Gasteiger partial charge in [-0.3, -0.25) is 0 Å². The lowest BCUT2D eigenvalue weighted by molar-refractivity contribution is 0.0529. The molecule has 1 N–H and O–H groups in total. The molecule has 104 valence electrons. The zero-order valence-corrected chi connectivity index (χ0v) is 11.7. The van der Waals surface area contributed by atoms with Crippen molar-refractivity contribution >= 4 is 11.8 Å². The van der Waals surface area contributed by atoms with Gasteiger partial charge in [-0.05, 0) is 44.9 Å². The van der Waals surface area contributed by atoms with Gasteiger partial charge in [0.1, 0.15) is 11.4 Å². The summed E-state index contributed by atoms with van der Waals surface area (Å²) in [5, 5.41) is 4.00. The summed E-state index contributed by atoms with van der Waals surface area (Å²) >= 11 is 0. The highest BCUT2D eigenvalue weighted by atomic mass is 19.1. The number of nitrogens with zero attached hydrogens (tertiary/aromatic N) is 1. The van der Waals surface area contributed by atoms with Crippen molar-refractivity contribution in [3.63, 3.8) is 0 Å². The van der Waals surface area contributed by atoms with E-state index in [0.717, 1.165) is 5.56 Å². The molecular formula is C14H19FN2O2. The van der Waals surface area contributed by atoms with Gasteiger partial charge in [-0.25, -0.2) is 14.6 Å². The fourth-order valence-corrected chi connectivity index (χ4v) is 1.40. The summed E-state index contributed by atoms with van der Waals surface area (Å²) < 4.78 is 17.9. The molecule has 0 saturated heterocycles. The molecule has 4 nitrogen and oxygen atoms in total. The maximum atomic E-state index is 12.8. The number of ether oxygens (including phenoxy) is 1. The normalized spacial score (nSPS) is 12.2. The van der Waals surface area contributed by atoms with E-state index >= 15 is 0 Å². The van der Waals surface area contributed by atoms with E-state index in [-0.39, 0.29) is 5.82 Å². The minimum atomic E-state index is -0.611. The molecule has 0 fully saturated rings. The van der Waals surface area contributed by atoms with Gasteiger partial charge in [0.2, 0.25) is 0 Å². The molecule has 0 bridgehead atoms. The van der Waals surface area contributed by atoms with Crippen molar-refractivity contribution in [1.82, 2.24) is 5.43 Å². The van der Waals surface area contributed by atoms with Crippen LogP contribution in [-0.2, 0) is 4.74 Å². The molecule has 1 aromatic carbocycles. The van der Waals surface area contributed by atoms with Crippen LogP contribution in [0.4, 0.5) is 9.18 Å². The Kier molecular flexibility index (Phi) is 5.03. The van der Waals surface area contributed by atoms with Crippen molar-refractivity contribution in [3.05, 3.63) is 35.6 Å². The Labute approximate surface area is 112 Å². The number of halogens is 1. The first-order valence-electron chi connectivity index (χ1n) is 6.13. The lowest BCUT2D eigenvalue weighted by atomic mass is 10.1. The third-order valence-corrected chi connectivity index (χ3v) is 2.19. The highest BCUT2D eigenvalue weighted by Gasteiger charge is 2.15. The van der Waals surface area contributed by atoms with Gasteiger partial charge in [0.15, 0.2) is 0 Å². The summed E-state index contributed by atoms with van der Waals surface area (Å²) in [5.74, 6) is -0.306. The van der Waals surface area contributed by atoms with Gasteiger partial charge < -0.3 is 4.74 Å². The van der Waals surface area contributed by atoms with Gasteiger partial charge in [-0.2, -0.15) is 5.10 Å². The summed E-state index contributed by atoms with van der Waals surface area (Å²) in [6.45, 7) is 7.23. The predicted octanol–water partition coefficient (Wildman–Crippen LogP) is 3.46. The number of carbonyl (C=O) groups excluding carboxylic acids is 1. The molecule has 0 heterocycles. The molecule has 19 heavy (non-hydrogen) atoms. The van der Waals surface area contributed by atoms with Crippen LogP contribution in [0.1, 0.15) is 39.7 Å². The van der Waals surface area contributed by atoms with Gasteiger partial charge in [-0.15, -0.1) is 0 Å². The van der Waals surface area contributed by atoms with Crippen LogP contribution >= 0.6 is 0 Å². The van der Waals surface area contributed by atoms with Gasteiger partial charge in [-0.1, -0.05) is 19.1 Å². The number of benzene rings is 1. The van der Waals surface area contributed by atoms with Crippen LogP contribution in [0.2, 0.25) is 0 Å². The topological polar surface area (TPSA) is 50.7 Å². The second kappa shape index (κ2) is 6.31. The van der Waals surface area contributed by atoms with Crippen LogP contribution in [0.25, 0.3) is 0 Å². The van der Waals surface area contributed by atoms with E-state index in [9.17, 15) is 9.18 Å². The molecule has 0 radical (unpaired) electrons. The molecule has 0 aromatic heterocycles. The third kappa shape index (κ3) is 5.50. The molecule has 1 rings (SSSR count). The molecule has 0 aliphatic rings. The minimum absolute atomic E-state index is 0.306. The second-order valence-corrected chi connectivity index (χ2v) is 5.03. The number of hydrazone groups is 1. The van der Waals surface area contributed by atoms with Crippen LogP contribution in [0.3, 0.4) is 0 Å². The number of carbonyl (C=O) groups is 1. The molecule has 1 amide bonds. The molecule has 0 saturated carbocycles. The maximum Gasteiger partial charge on any atom is 0.428 e. The van der Waals surface area contributed by atoms with E-state index in [1.54, 1.807) is 32.9 Å². The Balaban J connectivity index is 2.72. The highest BCUT2D eigenvalue weighted by molar-refractivity contribution is 6.00. The van der Waals surface area contributed by atoms with E-state index in [0.29, 0.717) is 12.1 Å². The lowest BCUT2D eigenvalue weighted by Crippen LogP contribution is -2.30. The van der Waals surface area contributed by atoms with Crippen LogP contribution < -0.4 is 5.43 Å². The first kappa shape index (κ1) is 15.1. The highest BCUT2D eigenvalue weighted by Crippen LogP contribution is 2.08. The number of amides is 1. The zero-order valence-electron chi connectivity index (χ0n) is 11.7. The van der Waals surface area contributed by atoms with Gasteiger partial charge in [0.05, 0.1) is 5.71 Å². The van der Waals surface area contributed by atoms with Crippen molar-refractivity contribution in [2.24, 2.45) is 5.10 Å². The van der Waals surface area contributed by atoms with E-state index in [4.69, 9.17) is 4.74 Å². The van der Waals surface area contributed by atoms with Crippen molar-refractivity contribution in [3.8, 4) is 0 Å². The van der Waals surface area contributed by atoms with Crippen molar-refractivity contribution in [2.75, 3.05) is 0 Å². The van der Waals surface area contributed by atoms with Crippen LogP contribution in [0.15, 0.2) is 29.4 Å². The van der Waals surface area contributed by atoms with Crippen molar-refractivity contribution < 1.29 is 13.9 Å². The minimum Gasteiger partial charge on any atom is -0.443 e. The molecule has 5 heteroatoms. The lowest BCUT2D eigenvalue weighted by Gasteiger charge is -2.18. The molecular weight excluding hydrogens is 247 g/mol. The summed E-state index contributed by atoms with van der Waals surface area (Å²) in [6.07, 6.45) is 0.00194. The Morgan fingerprint density at radius 1 is 1.32 bits per heavy atom. The van der Waals surface area contributed by atoms with Crippen LogP contribution in [-0.4, -0.2) is 17.4 Å². The van der Waals surface area contributed by atoms with E-state index in [1.165, 1.54) is 12.1 Å². The smallest absolute Gasteiger partial charge is 0.428 e. The molecule has 0 unspecified atom stereocenters. The Bertz CT molecular complexity index is 461. The Morgan fingerprint density at radius 3 is 2.37 bits per heavy atom. The summed E-state index contributed by atoms with van der Waals surface area (Å²) in [4.78, 5) is 11.5. The number of hydrogen-bond donors (Lipinski definition) is 1. The van der Waals surface area contributed by atoms with Crippen molar-refractivity contribution in [1.29, 1.82) is 0 Å². The van der Waals surface area contributed by atoms with Crippen molar-refractivity contribution in [2.45, 2.75) is 39.7 Å². The van der Waals surface area contributed by atoms with Gasteiger partial charge in [0.25, 0.3) is 0 Å². The van der Waals surface area contributed by atoms with Crippen LogP contribution in [0, 0.1) is 5.82 Å². The number of rotatable bonds is 3. The second-order valence-electron chi connectivity index (χ2n) is 5.03. The summed E-state index contributed by atoms with van der Waals surface area (Å²) in [6, 6.07) is 5.95. The maximum absolute atomic E-state index is 12.8. The number of nitrogens with one attached hydrogen (secondary N) is 1. The number of hydrogen-bond acceptors (Lipinski definition) is 3. The summed E-state index contributed by atoms with van der Waals surface area (Å²) in [5.41, 5.74) is 3.19. The van der Waals surface area contributed by atoms with Gasteiger partial charge in [0, 0.05) is 0 Å². The Hall–Kier alpha value is -1.91. The Morgan fingerprint density at radius 2 is 1.89 bits per heavy atom. The molecule has 1 aromatic rings. The largest absolute Gasteiger partial charge is 0.443 e. The monoisotopic (exact) mass is 266 g/mol. The quantitative estimate of drug-likeness (QED) is 0.672. The van der Waals surface area contributed by atoms with Gasteiger partial charge >= 0.3 is 6.09 Å². The van der Waals surface area contributed by atoms with E-state index in [2.05, 4.69) is 10.5 Å². The van der Waals surface area contributed by atoms with E-state index in [1.807, 2.05) is 6.92 Å². The molecule has 0 aliphatic heterocycles. The van der Waals surface area contributed by atoms with Crippen LogP contribution in [0.5, 0.6) is 0 Å². The van der Waals surface area contributed by atoms with E-state index < -0.39 is 11.7 Å². The average molecular weight is 266 g/mol. The summed E-state index contributed by atoms with van der Waals surface area (Å²) in [7, 11) is 0. The zero-order chi connectivity index (χ0) is 14.5. The molecule has 0 atom stereocenters.